The highest BCUT2D eigenvalue weighted by molar-refractivity contribution is 5.69. The maximum Gasteiger partial charge on any atom is 0.305 e. The fraction of sp³-hybridized carbons (Fsp3) is 0.929. The molecule has 18 heavy (non-hydrogen) atoms. The minimum absolute atomic E-state index is 0.0423. The number of esters is 1. The number of likely N-dealkylation sites (tertiary alicyclic amines) is 1. The van der Waals surface area contributed by atoms with Crippen LogP contribution in [0.3, 0.4) is 0 Å². The number of unbranched alkanes of at least 4 members (excludes halogenated alkanes) is 2. The predicted molar refractivity (Wildman–Crippen MR) is 71.4 cm³/mol. The molecule has 4 nitrogen and oxygen atoms in total. The zero-order chi connectivity index (χ0) is 12.8. The van der Waals surface area contributed by atoms with Gasteiger partial charge in [-0.05, 0) is 51.2 Å². The van der Waals surface area contributed by atoms with E-state index in [1.807, 2.05) is 6.92 Å². The van der Waals surface area contributed by atoms with E-state index in [2.05, 4.69) is 10.2 Å². The monoisotopic (exact) mass is 254 g/mol. The quantitative estimate of drug-likeness (QED) is 0.548. The SMILES string of the molecule is CCOC(=O)CCCCCN1CC2CNCC2C1. The van der Waals surface area contributed by atoms with E-state index in [1.54, 1.807) is 0 Å². The second-order valence-electron chi connectivity index (χ2n) is 5.55. The van der Waals surface area contributed by atoms with E-state index in [9.17, 15) is 4.79 Å². The van der Waals surface area contributed by atoms with Crippen molar-refractivity contribution in [1.82, 2.24) is 10.2 Å². The topological polar surface area (TPSA) is 41.6 Å². The van der Waals surface area contributed by atoms with Gasteiger partial charge in [0, 0.05) is 19.5 Å². The number of ether oxygens (including phenoxy) is 1. The van der Waals surface area contributed by atoms with Crippen molar-refractivity contribution in [2.45, 2.75) is 32.6 Å². The summed E-state index contributed by atoms with van der Waals surface area (Å²) < 4.78 is 4.92. The van der Waals surface area contributed by atoms with Crippen LogP contribution in [0.2, 0.25) is 0 Å². The molecule has 2 fully saturated rings. The van der Waals surface area contributed by atoms with Gasteiger partial charge in [0.25, 0.3) is 0 Å². The average molecular weight is 254 g/mol. The first-order chi connectivity index (χ1) is 8.79. The Balaban J connectivity index is 1.48. The van der Waals surface area contributed by atoms with Gasteiger partial charge in [0.2, 0.25) is 0 Å². The number of rotatable bonds is 7. The van der Waals surface area contributed by atoms with Crippen molar-refractivity contribution in [2.75, 3.05) is 39.3 Å². The van der Waals surface area contributed by atoms with E-state index >= 15 is 0 Å². The summed E-state index contributed by atoms with van der Waals surface area (Å²) in [5, 5.41) is 3.47. The molecule has 2 atom stereocenters. The van der Waals surface area contributed by atoms with Crippen LogP contribution in [0.4, 0.5) is 0 Å². The Hall–Kier alpha value is -0.610. The summed E-state index contributed by atoms with van der Waals surface area (Å²) in [6.45, 7) is 8.54. The van der Waals surface area contributed by atoms with Crippen molar-refractivity contribution in [1.29, 1.82) is 0 Å². The Kier molecular flexibility index (Phi) is 5.45. The molecular weight excluding hydrogens is 228 g/mol. The van der Waals surface area contributed by atoms with Gasteiger partial charge in [0.1, 0.15) is 0 Å². The molecule has 4 heteroatoms. The molecule has 0 aromatic rings. The van der Waals surface area contributed by atoms with Gasteiger partial charge in [0.05, 0.1) is 6.61 Å². The lowest BCUT2D eigenvalue weighted by Crippen LogP contribution is -2.26. The van der Waals surface area contributed by atoms with E-state index in [1.165, 1.54) is 39.1 Å². The van der Waals surface area contributed by atoms with Crippen LogP contribution in [0, 0.1) is 11.8 Å². The Bertz CT molecular complexity index is 259. The molecule has 2 aliphatic heterocycles. The summed E-state index contributed by atoms with van der Waals surface area (Å²) in [4.78, 5) is 13.8. The molecule has 0 aromatic carbocycles. The van der Waals surface area contributed by atoms with Gasteiger partial charge in [-0.25, -0.2) is 0 Å². The van der Waals surface area contributed by atoms with Gasteiger partial charge in [0.15, 0.2) is 0 Å². The van der Waals surface area contributed by atoms with Gasteiger partial charge >= 0.3 is 5.97 Å². The van der Waals surface area contributed by atoms with E-state index in [-0.39, 0.29) is 5.97 Å². The fourth-order valence-electron chi connectivity index (χ4n) is 3.15. The second-order valence-corrected chi connectivity index (χ2v) is 5.55. The van der Waals surface area contributed by atoms with Crippen LogP contribution in [0.15, 0.2) is 0 Å². The smallest absolute Gasteiger partial charge is 0.305 e. The van der Waals surface area contributed by atoms with Crippen molar-refractivity contribution in [3.8, 4) is 0 Å². The van der Waals surface area contributed by atoms with Gasteiger partial charge in [-0.2, -0.15) is 0 Å². The first-order valence-electron chi connectivity index (χ1n) is 7.38. The molecule has 2 saturated heterocycles. The largest absolute Gasteiger partial charge is 0.466 e. The zero-order valence-corrected chi connectivity index (χ0v) is 11.5. The van der Waals surface area contributed by atoms with Crippen molar-refractivity contribution in [3.63, 3.8) is 0 Å². The predicted octanol–water partition coefficient (Wildman–Crippen LogP) is 1.26. The number of nitrogens with zero attached hydrogens (tertiary/aromatic N) is 1. The van der Waals surface area contributed by atoms with E-state index in [0.29, 0.717) is 13.0 Å². The zero-order valence-electron chi connectivity index (χ0n) is 11.5. The van der Waals surface area contributed by atoms with Crippen molar-refractivity contribution in [3.05, 3.63) is 0 Å². The summed E-state index contributed by atoms with van der Waals surface area (Å²) in [7, 11) is 0. The highest BCUT2D eigenvalue weighted by Crippen LogP contribution is 2.26. The summed E-state index contributed by atoms with van der Waals surface area (Å²) in [6.07, 6.45) is 3.92. The molecule has 0 radical (unpaired) electrons. The molecule has 104 valence electrons. The van der Waals surface area contributed by atoms with Crippen LogP contribution in [0.5, 0.6) is 0 Å². The molecule has 1 N–H and O–H groups in total. The average Bonchev–Trinajstić information content (AvgIpc) is 2.89. The first kappa shape index (κ1) is 13.8. The molecule has 0 aromatic heterocycles. The van der Waals surface area contributed by atoms with Crippen LogP contribution in [0.25, 0.3) is 0 Å². The summed E-state index contributed by atoms with van der Waals surface area (Å²) in [6, 6.07) is 0. The molecule has 2 rings (SSSR count). The van der Waals surface area contributed by atoms with E-state index < -0.39 is 0 Å². The fourth-order valence-corrected chi connectivity index (χ4v) is 3.15. The number of nitrogens with one attached hydrogen (secondary N) is 1. The number of hydrogen-bond donors (Lipinski definition) is 1. The Morgan fingerprint density at radius 2 is 1.94 bits per heavy atom. The minimum atomic E-state index is -0.0423. The van der Waals surface area contributed by atoms with Crippen molar-refractivity contribution in [2.24, 2.45) is 11.8 Å². The lowest BCUT2D eigenvalue weighted by molar-refractivity contribution is -0.143. The lowest BCUT2D eigenvalue weighted by Gasteiger charge is -2.16. The van der Waals surface area contributed by atoms with Crippen LogP contribution in [-0.2, 0) is 9.53 Å². The third-order valence-electron chi connectivity index (χ3n) is 4.13. The number of carbonyl (C=O) groups excluding carboxylic acids is 1. The highest BCUT2D eigenvalue weighted by Gasteiger charge is 2.35. The maximum absolute atomic E-state index is 11.2. The van der Waals surface area contributed by atoms with Crippen LogP contribution in [0.1, 0.15) is 32.6 Å². The standard InChI is InChI=1S/C14H26N2O2/c1-2-18-14(17)6-4-3-5-7-16-10-12-8-15-9-13(12)11-16/h12-13,15H,2-11H2,1H3. The maximum atomic E-state index is 11.2. The number of fused-ring (bicyclic) bond motifs is 1. The molecule has 2 heterocycles. The minimum Gasteiger partial charge on any atom is -0.466 e. The van der Waals surface area contributed by atoms with Crippen LogP contribution in [-0.4, -0.2) is 50.2 Å². The van der Waals surface area contributed by atoms with E-state index in [4.69, 9.17) is 4.74 Å². The second kappa shape index (κ2) is 7.10. The van der Waals surface area contributed by atoms with Crippen molar-refractivity contribution >= 4 is 5.97 Å². The molecule has 0 saturated carbocycles. The Morgan fingerprint density at radius 3 is 2.61 bits per heavy atom. The molecule has 2 unspecified atom stereocenters. The summed E-state index contributed by atoms with van der Waals surface area (Å²) >= 11 is 0. The molecule has 2 aliphatic rings. The molecule has 0 aliphatic carbocycles. The molecule has 0 spiro atoms. The third kappa shape index (κ3) is 3.95. The Morgan fingerprint density at radius 1 is 1.22 bits per heavy atom. The summed E-state index contributed by atoms with van der Waals surface area (Å²) in [5.41, 5.74) is 0. The third-order valence-corrected chi connectivity index (χ3v) is 4.13. The number of hydrogen-bond acceptors (Lipinski definition) is 4. The normalized spacial score (nSPS) is 27.4. The van der Waals surface area contributed by atoms with E-state index in [0.717, 1.165) is 24.7 Å². The van der Waals surface area contributed by atoms with Gasteiger partial charge < -0.3 is 15.0 Å². The molecule has 0 bridgehead atoms. The van der Waals surface area contributed by atoms with Crippen molar-refractivity contribution < 1.29 is 9.53 Å². The molecular formula is C14H26N2O2. The first-order valence-corrected chi connectivity index (χ1v) is 7.38. The van der Waals surface area contributed by atoms with Gasteiger partial charge in [-0.15, -0.1) is 0 Å². The van der Waals surface area contributed by atoms with Gasteiger partial charge in [-0.3, -0.25) is 4.79 Å². The summed E-state index contributed by atoms with van der Waals surface area (Å²) in [5.74, 6) is 1.74. The van der Waals surface area contributed by atoms with Crippen LogP contribution < -0.4 is 5.32 Å². The molecule has 0 amide bonds. The number of carbonyl (C=O) groups is 1. The van der Waals surface area contributed by atoms with Gasteiger partial charge in [-0.1, -0.05) is 6.42 Å². The van der Waals surface area contributed by atoms with Crippen LogP contribution >= 0.6 is 0 Å². The lowest BCUT2D eigenvalue weighted by atomic mass is 10.0. The Labute approximate surface area is 110 Å². The highest BCUT2D eigenvalue weighted by atomic mass is 16.5.